The first-order chi connectivity index (χ1) is 18.3. The van der Waals surface area contributed by atoms with Crippen LogP contribution in [0.5, 0.6) is 0 Å². The molecule has 186 valence electrons. The number of nitrogens with zero attached hydrogens (tertiary/aromatic N) is 5. The average molecular weight is 508 g/mol. The Morgan fingerprint density at radius 2 is 1.78 bits per heavy atom. The predicted octanol–water partition coefficient (Wildman–Crippen LogP) is 6.24. The summed E-state index contributed by atoms with van der Waals surface area (Å²) in [7, 11) is 0. The summed E-state index contributed by atoms with van der Waals surface area (Å²) in [5.41, 5.74) is 2.06. The second kappa shape index (κ2) is 10.6. The first-order valence-corrected chi connectivity index (χ1v) is 13.8. The standard InChI is InChI=1S/C30H29N5OS/c36-28(21-24-9-5-8-22-7-1-4-12-26(22)24)34(25-10-2-3-11-25)18-19-35-30(23-14-16-31-17-15-23)32-29(33-35)27-13-6-20-37-27/h1,4-9,12-17,20,25H,2-3,10-11,18-19,21H2. The normalized spacial score (nSPS) is 13.8. The van der Waals surface area contributed by atoms with Gasteiger partial charge < -0.3 is 4.90 Å². The second-order valence-corrected chi connectivity index (χ2v) is 10.5. The quantitative estimate of drug-likeness (QED) is 0.250. The second-order valence-electron chi connectivity index (χ2n) is 9.54. The van der Waals surface area contributed by atoms with E-state index in [0.717, 1.165) is 45.9 Å². The summed E-state index contributed by atoms with van der Waals surface area (Å²) in [6.07, 6.45) is 8.45. The Balaban J connectivity index is 1.28. The zero-order chi connectivity index (χ0) is 25.0. The predicted molar refractivity (Wildman–Crippen MR) is 148 cm³/mol. The molecule has 0 radical (unpaired) electrons. The van der Waals surface area contributed by atoms with Crippen LogP contribution >= 0.6 is 11.3 Å². The van der Waals surface area contributed by atoms with Gasteiger partial charge in [0.2, 0.25) is 5.91 Å². The number of hydrogen-bond acceptors (Lipinski definition) is 5. The first kappa shape index (κ1) is 23.6. The molecule has 1 fully saturated rings. The molecule has 0 atom stereocenters. The highest BCUT2D eigenvalue weighted by molar-refractivity contribution is 7.13. The van der Waals surface area contributed by atoms with Crippen molar-refractivity contribution in [2.75, 3.05) is 6.54 Å². The molecule has 1 amide bonds. The third-order valence-electron chi connectivity index (χ3n) is 7.21. The SMILES string of the molecule is O=C(Cc1cccc2ccccc12)N(CCn1nc(-c2cccs2)nc1-c1ccncc1)C1CCCC1. The van der Waals surface area contributed by atoms with Crippen molar-refractivity contribution in [1.29, 1.82) is 0 Å². The lowest BCUT2D eigenvalue weighted by Crippen LogP contribution is -2.42. The van der Waals surface area contributed by atoms with Crippen LogP contribution in [0.25, 0.3) is 32.9 Å². The molecule has 1 saturated carbocycles. The average Bonchev–Trinajstić information content (AvgIpc) is 3.72. The van der Waals surface area contributed by atoms with Gasteiger partial charge in [0, 0.05) is 30.5 Å². The lowest BCUT2D eigenvalue weighted by Gasteiger charge is -2.29. The Kier molecular flexibility index (Phi) is 6.78. The van der Waals surface area contributed by atoms with E-state index >= 15 is 0 Å². The minimum Gasteiger partial charge on any atom is -0.338 e. The van der Waals surface area contributed by atoms with Gasteiger partial charge in [-0.2, -0.15) is 0 Å². The minimum atomic E-state index is 0.187. The highest BCUT2D eigenvalue weighted by Gasteiger charge is 2.27. The Morgan fingerprint density at radius 3 is 2.59 bits per heavy atom. The summed E-state index contributed by atoms with van der Waals surface area (Å²) in [6.45, 7) is 1.20. The maximum atomic E-state index is 13.8. The Morgan fingerprint density at radius 1 is 0.973 bits per heavy atom. The van der Waals surface area contributed by atoms with Crippen molar-refractivity contribution >= 4 is 28.0 Å². The number of pyridine rings is 1. The molecule has 0 saturated heterocycles. The van der Waals surface area contributed by atoms with E-state index in [1.807, 2.05) is 52.5 Å². The summed E-state index contributed by atoms with van der Waals surface area (Å²) in [4.78, 5) is 26.0. The van der Waals surface area contributed by atoms with E-state index in [9.17, 15) is 4.79 Å². The van der Waals surface area contributed by atoms with Crippen LogP contribution in [0.3, 0.4) is 0 Å². The smallest absolute Gasteiger partial charge is 0.227 e. The molecule has 3 heterocycles. The number of thiophene rings is 1. The molecule has 0 aliphatic heterocycles. The highest BCUT2D eigenvalue weighted by Crippen LogP contribution is 2.28. The molecule has 0 N–H and O–H groups in total. The van der Waals surface area contributed by atoms with Crippen LogP contribution in [0.15, 0.2) is 84.5 Å². The van der Waals surface area contributed by atoms with Gasteiger partial charge in [0.1, 0.15) is 0 Å². The van der Waals surface area contributed by atoms with Gasteiger partial charge in [0.25, 0.3) is 0 Å². The number of aromatic nitrogens is 4. The summed E-state index contributed by atoms with van der Waals surface area (Å²) in [5, 5.41) is 9.23. The molecule has 0 spiro atoms. The molecule has 0 bridgehead atoms. The number of hydrogen-bond donors (Lipinski definition) is 0. The maximum Gasteiger partial charge on any atom is 0.227 e. The van der Waals surface area contributed by atoms with Crippen LogP contribution in [0, 0.1) is 0 Å². The van der Waals surface area contributed by atoms with Crippen molar-refractivity contribution in [3.8, 4) is 22.1 Å². The summed E-state index contributed by atoms with van der Waals surface area (Å²) in [5.74, 6) is 1.71. The van der Waals surface area contributed by atoms with E-state index in [4.69, 9.17) is 10.1 Å². The van der Waals surface area contributed by atoms with Crippen molar-refractivity contribution in [1.82, 2.24) is 24.6 Å². The molecule has 3 aromatic heterocycles. The zero-order valence-corrected chi connectivity index (χ0v) is 21.5. The van der Waals surface area contributed by atoms with Gasteiger partial charge in [-0.05, 0) is 52.8 Å². The maximum absolute atomic E-state index is 13.8. The van der Waals surface area contributed by atoms with Gasteiger partial charge in [0.15, 0.2) is 11.6 Å². The molecule has 6 rings (SSSR count). The number of rotatable bonds is 8. The van der Waals surface area contributed by atoms with Gasteiger partial charge in [0.05, 0.1) is 17.8 Å². The topological polar surface area (TPSA) is 63.9 Å². The van der Waals surface area contributed by atoms with Crippen LogP contribution in [-0.2, 0) is 17.8 Å². The molecule has 7 heteroatoms. The molecule has 1 aliphatic rings. The number of fused-ring (bicyclic) bond motifs is 1. The fraction of sp³-hybridized carbons (Fsp3) is 0.267. The van der Waals surface area contributed by atoms with Gasteiger partial charge in [-0.3, -0.25) is 9.78 Å². The largest absolute Gasteiger partial charge is 0.338 e. The first-order valence-electron chi connectivity index (χ1n) is 12.9. The molecule has 2 aromatic carbocycles. The Bertz CT molecular complexity index is 1480. The fourth-order valence-corrected chi connectivity index (χ4v) is 6.02. The van der Waals surface area contributed by atoms with Gasteiger partial charge >= 0.3 is 0 Å². The third kappa shape index (κ3) is 5.04. The molecule has 6 nitrogen and oxygen atoms in total. The minimum absolute atomic E-state index is 0.187. The van der Waals surface area contributed by atoms with Crippen molar-refractivity contribution < 1.29 is 4.79 Å². The van der Waals surface area contributed by atoms with Crippen molar-refractivity contribution in [2.24, 2.45) is 0 Å². The van der Waals surface area contributed by atoms with E-state index in [0.29, 0.717) is 19.5 Å². The monoisotopic (exact) mass is 507 g/mol. The molecule has 1 aliphatic carbocycles. The lowest BCUT2D eigenvalue weighted by molar-refractivity contribution is -0.132. The van der Waals surface area contributed by atoms with E-state index in [2.05, 4.69) is 34.1 Å². The van der Waals surface area contributed by atoms with Gasteiger partial charge in [-0.25, -0.2) is 9.67 Å². The van der Waals surface area contributed by atoms with Crippen LogP contribution in [0.4, 0.5) is 0 Å². The van der Waals surface area contributed by atoms with E-state index < -0.39 is 0 Å². The van der Waals surface area contributed by atoms with Crippen molar-refractivity contribution in [3.63, 3.8) is 0 Å². The molecular formula is C30H29N5OS. The van der Waals surface area contributed by atoms with Crippen LogP contribution < -0.4 is 0 Å². The summed E-state index contributed by atoms with van der Waals surface area (Å²) < 4.78 is 1.96. The Hall–Kier alpha value is -3.84. The van der Waals surface area contributed by atoms with E-state index in [-0.39, 0.29) is 11.9 Å². The molecule has 5 aromatic rings. The van der Waals surface area contributed by atoms with E-state index in [1.165, 1.54) is 18.2 Å². The number of carbonyl (C=O) groups is 1. The fourth-order valence-electron chi connectivity index (χ4n) is 5.36. The summed E-state index contributed by atoms with van der Waals surface area (Å²) in [6, 6.07) is 22.8. The van der Waals surface area contributed by atoms with Crippen molar-refractivity contribution in [3.05, 3.63) is 90.1 Å². The summed E-state index contributed by atoms with van der Waals surface area (Å²) >= 11 is 1.63. The highest BCUT2D eigenvalue weighted by atomic mass is 32.1. The number of benzene rings is 2. The van der Waals surface area contributed by atoms with Crippen molar-refractivity contribution in [2.45, 2.75) is 44.7 Å². The van der Waals surface area contributed by atoms with E-state index in [1.54, 1.807) is 23.7 Å². The van der Waals surface area contributed by atoms with Crippen LogP contribution in [-0.4, -0.2) is 43.1 Å². The van der Waals surface area contributed by atoms with Gasteiger partial charge in [-0.15, -0.1) is 16.4 Å². The zero-order valence-electron chi connectivity index (χ0n) is 20.7. The number of amides is 1. The lowest BCUT2D eigenvalue weighted by atomic mass is 10.0. The number of carbonyl (C=O) groups excluding carboxylic acids is 1. The molecule has 0 unspecified atom stereocenters. The Labute approximate surface area is 220 Å². The van der Waals surface area contributed by atoms with Crippen LogP contribution in [0.2, 0.25) is 0 Å². The third-order valence-corrected chi connectivity index (χ3v) is 8.08. The van der Waals surface area contributed by atoms with Crippen LogP contribution in [0.1, 0.15) is 31.2 Å². The molecule has 37 heavy (non-hydrogen) atoms. The van der Waals surface area contributed by atoms with Gasteiger partial charge in [-0.1, -0.05) is 61.4 Å². The molecular weight excluding hydrogens is 478 g/mol.